The van der Waals surface area contributed by atoms with Gasteiger partial charge in [0.05, 0.1) is 0 Å². The van der Waals surface area contributed by atoms with Crippen molar-refractivity contribution in [2.45, 2.75) is 78.4 Å². The number of ether oxygens (including phenoxy) is 1. The maximum atomic E-state index is 12.1. The van der Waals surface area contributed by atoms with Crippen molar-refractivity contribution < 1.29 is 9.53 Å². The SMILES string of the molecule is CC(C)C1CCCC(NCC2CCN(C(=O)OC(C)(C)C)C2)C1. The lowest BCUT2D eigenvalue weighted by molar-refractivity contribution is 0.0288. The predicted molar refractivity (Wildman–Crippen MR) is 94.5 cm³/mol. The van der Waals surface area contributed by atoms with E-state index >= 15 is 0 Å². The molecule has 134 valence electrons. The molecule has 1 N–H and O–H groups in total. The van der Waals surface area contributed by atoms with Gasteiger partial charge in [0.15, 0.2) is 0 Å². The van der Waals surface area contributed by atoms with Gasteiger partial charge in [0.25, 0.3) is 0 Å². The summed E-state index contributed by atoms with van der Waals surface area (Å²) >= 11 is 0. The van der Waals surface area contributed by atoms with Crippen LogP contribution in [-0.4, -0.2) is 42.3 Å². The summed E-state index contributed by atoms with van der Waals surface area (Å²) in [5, 5.41) is 3.78. The quantitative estimate of drug-likeness (QED) is 0.848. The van der Waals surface area contributed by atoms with Gasteiger partial charge < -0.3 is 15.0 Å². The Kier molecular flexibility index (Phi) is 6.35. The maximum absolute atomic E-state index is 12.1. The second-order valence-corrected chi connectivity index (χ2v) is 8.86. The summed E-state index contributed by atoms with van der Waals surface area (Å²) in [6, 6.07) is 0.673. The van der Waals surface area contributed by atoms with Crippen LogP contribution in [0.15, 0.2) is 0 Å². The van der Waals surface area contributed by atoms with E-state index in [-0.39, 0.29) is 6.09 Å². The highest BCUT2D eigenvalue weighted by Gasteiger charge is 2.30. The molecule has 0 aromatic rings. The standard InChI is InChI=1S/C19H36N2O2/c1-14(2)16-7-6-8-17(11-16)20-12-15-9-10-21(13-15)18(22)23-19(3,4)5/h14-17,20H,6-13H2,1-5H3. The van der Waals surface area contributed by atoms with Gasteiger partial charge in [-0.3, -0.25) is 0 Å². The summed E-state index contributed by atoms with van der Waals surface area (Å²) in [5.74, 6) is 2.25. The number of hydrogen-bond donors (Lipinski definition) is 1. The Hall–Kier alpha value is -0.770. The van der Waals surface area contributed by atoms with Crippen molar-refractivity contribution in [2.75, 3.05) is 19.6 Å². The largest absolute Gasteiger partial charge is 0.444 e. The average Bonchev–Trinajstić information content (AvgIpc) is 2.92. The van der Waals surface area contributed by atoms with Gasteiger partial charge in [0.2, 0.25) is 0 Å². The third-order valence-electron chi connectivity index (χ3n) is 5.29. The first-order valence-corrected chi connectivity index (χ1v) is 9.46. The Balaban J connectivity index is 1.70. The molecule has 1 aliphatic carbocycles. The molecule has 1 aliphatic heterocycles. The van der Waals surface area contributed by atoms with Gasteiger partial charge in [0.1, 0.15) is 5.60 Å². The zero-order chi connectivity index (χ0) is 17.0. The van der Waals surface area contributed by atoms with Crippen molar-refractivity contribution in [1.29, 1.82) is 0 Å². The van der Waals surface area contributed by atoms with Gasteiger partial charge in [-0.05, 0) is 64.3 Å². The number of nitrogens with one attached hydrogen (secondary N) is 1. The lowest BCUT2D eigenvalue weighted by atomic mass is 9.79. The number of likely N-dealkylation sites (tertiary alicyclic amines) is 1. The number of hydrogen-bond acceptors (Lipinski definition) is 3. The minimum Gasteiger partial charge on any atom is -0.444 e. The molecule has 23 heavy (non-hydrogen) atoms. The molecule has 2 fully saturated rings. The van der Waals surface area contributed by atoms with Crippen LogP contribution in [0.25, 0.3) is 0 Å². The van der Waals surface area contributed by atoms with E-state index in [0.29, 0.717) is 12.0 Å². The summed E-state index contributed by atoms with van der Waals surface area (Å²) in [6.45, 7) is 13.2. The molecule has 3 unspecified atom stereocenters. The maximum Gasteiger partial charge on any atom is 0.410 e. The smallest absolute Gasteiger partial charge is 0.410 e. The fourth-order valence-corrected chi connectivity index (χ4v) is 3.84. The lowest BCUT2D eigenvalue weighted by Gasteiger charge is -2.32. The second-order valence-electron chi connectivity index (χ2n) is 8.86. The van der Waals surface area contributed by atoms with E-state index in [9.17, 15) is 4.79 Å². The van der Waals surface area contributed by atoms with Crippen LogP contribution < -0.4 is 5.32 Å². The fraction of sp³-hybridized carbons (Fsp3) is 0.947. The average molecular weight is 325 g/mol. The van der Waals surface area contributed by atoms with E-state index in [1.165, 1.54) is 25.7 Å². The number of amides is 1. The number of carbonyl (C=O) groups excluding carboxylic acids is 1. The van der Waals surface area contributed by atoms with Gasteiger partial charge in [-0.1, -0.05) is 26.7 Å². The molecule has 2 aliphatic rings. The molecule has 4 nitrogen and oxygen atoms in total. The molecule has 0 spiro atoms. The third kappa shape index (κ3) is 5.98. The monoisotopic (exact) mass is 324 g/mol. The molecule has 4 heteroatoms. The van der Waals surface area contributed by atoms with Crippen LogP contribution in [0.1, 0.15) is 66.7 Å². The van der Waals surface area contributed by atoms with Crippen molar-refractivity contribution in [3.05, 3.63) is 0 Å². The minimum absolute atomic E-state index is 0.155. The zero-order valence-corrected chi connectivity index (χ0v) is 15.7. The Labute approximate surface area is 142 Å². The molecule has 1 heterocycles. The van der Waals surface area contributed by atoms with Crippen molar-refractivity contribution in [3.8, 4) is 0 Å². The zero-order valence-electron chi connectivity index (χ0n) is 15.7. The van der Waals surface area contributed by atoms with Gasteiger partial charge in [-0.2, -0.15) is 0 Å². The van der Waals surface area contributed by atoms with E-state index in [1.54, 1.807) is 0 Å². The minimum atomic E-state index is -0.401. The highest BCUT2D eigenvalue weighted by Crippen LogP contribution is 2.30. The van der Waals surface area contributed by atoms with Gasteiger partial charge in [-0.15, -0.1) is 0 Å². The van der Waals surface area contributed by atoms with Crippen LogP contribution in [0.5, 0.6) is 0 Å². The molecule has 0 aromatic heterocycles. The molecule has 0 bridgehead atoms. The van der Waals surface area contributed by atoms with E-state index in [1.807, 2.05) is 25.7 Å². The topological polar surface area (TPSA) is 41.6 Å². The molecule has 1 amide bonds. The Morgan fingerprint density at radius 1 is 1.26 bits per heavy atom. The third-order valence-corrected chi connectivity index (χ3v) is 5.29. The number of carbonyl (C=O) groups is 1. The lowest BCUT2D eigenvalue weighted by Crippen LogP contribution is -2.39. The summed E-state index contributed by atoms with van der Waals surface area (Å²) in [4.78, 5) is 14.0. The molecular formula is C19H36N2O2. The van der Waals surface area contributed by atoms with Crippen molar-refractivity contribution >= 4 is 6.09 Å². The molecule has 0 aromatic carbocycles. The van der Waals surface area contributed by atoms with Crippen LogP contribution in [0.3, 0.4) is 0 Å². The first kappa shape index (κ1) is 18.6. The van der Waals surface area contributed by atoms with Crippen LogP contribution in [0, 0.1) is 17.8 Å². The predicted octanol–water partition coefficient (Wildman–Crippen LogP) is 4.05. The Morgan fingerprint density at radius 3 is 2.65 bits per heavy atom. The number of nitrogens with zero attached hydrogens (tertiary/aromatic N) is 1. The summed E-state index contributed by atoms with van der Waals surface area (Å²) in [6.07, 6.45) is 6.32. The van der Waals surface area contributed by atoms with Gasteiger partial charge in [-0.25, -0.2) is 4.79 Å². The molecule has 1 saturated heterocycles. The first-order chi connectivity index (χ1) is 10.7. The van der Waals surface area contributed by atoms with Crippen LogP contribution in [-0.2, 0) is 4.74 Å². The molecule has 2 rings (SSSR count). The first-order valence-electron chi connectivity index (χ1n) is 9.46. The van der Waals surface area contributed by atoms with Gasteiger partial charge >= 0.3 is 6.09 Å². The van der Waals surface area contributed by atoms with Crippen molar-refractivity contribution in [3.63, 3.8) is 0 Å². The summed E-state index contributed by atoms with van der Waals surface area (Å²) in [7, 11) is 0. The Bertz CT molecular complexity index is 389. The van der Waals surface area contributed by atoms with Crippen molar-refractivity contribution in [2.24, 2.45) is 17.8 Å². The van der Waals surface area contributed by atoms with Crippen molar-refractivity contribution in [1.82, 2.24) is 10.2 Å². The van der Waals surface area contributed by atoms with E-state index in [4.69, 9.17) is 4.74 Å². The molecule has 3 atom stereocenters. The van der Waals surface area contributed by atoms with Crippen LogP contribution >= 0.6 is 0 Å². The van der Waals surface area contributed by atoms with Gasteiger partial charge in [0, 0.05) is 19.1 Å². The summed E-state index contributed by atoms with van der Waals surface area (Å²) < 4.78 is 5.47. The van der Waals surface area contributed by atoms with E-state index < -0.39 is 5.60 Å². The normalized spacial score (nSPS) is 29.1. The second kappa shape index (κ2) is 7.87. The molecule has 0 radical (unpaired) electrons. The van der Waals surface area contributed by atoms with Crippen LogP contribution in [0.4, 0.5) is 4.79 Å². The number of rotatable bonds is 4. The van der Waals surface area contributed by atoms with E-state index in [2.05, 4.69) is 19.2 Å². The molecule has 1 saturated carbocycles. The summed E-state index contributed by atoms with van der Waals surface area (Å²) in [5.41, 5.74) is -0.401. The Morgan fingerprint density at radius 2 is 2.00 bits per heavy atom. The highest BCUT2D eigenvalue weighted by molar-refractivity contribution is 5.68. The van der Waals surface area contributed by atoms with Crippen LogP contribution in [0.2, 0.25) is 0 Å². The fourth-order valence-electron chi connectivity index (χ4n) is 3.84. The highest BCUT2D eigenvalue weighted by atomic mass is 16.6. The van der Waals surface area contributed by atoms with E-state index in [0.717, 1.165) is 37.9 Å². The molecular weight excluding hydrogens is 288 g/mol.